The van der Waals surface area contributed by atoms with E-state index < -0.39 is 12.1 Å². The Labute approximate surface area is 143 Å². The highest BCUT2D eigenvalue weighted by Crippen LogP contribution is 2.23. The van der Waals surface area contributed by atoms with Gasteiger partial charge in [-0.15, -0.1) is 0 Å². The van der Waals surface area contributed by atoms with E-state index in [2.05, 4.69) is 26.1 Å². The molecular weight excluding hydrogens is 300 g/mol. The fraction of sp³-hybridized carbons (Fsp3) is 0.350. The third-order valence-corrected chi connectivity index (χ3v) is 4.07. The molecule has 2 atom stereocenters. The lowest BCUT2D eigenvalue weighted by Gasteiger charge is -2.20. The zero-order valence-corrected chi connectivity index (χ0v) is 14.5. The number of amides is 1. The number of nitrogens with one attached hydrogen (secondary N) is 1. The third-order valence-electron chi connectivity index (χ3n) is 4.07. The summed E-state index contributed by atoms with van der Waals surface area (Å²) < 4.78 is 0. The lowest BCUT2D eigenvalue weighted by atomic mass is 9.86. The van der Waals surface area contributed by atoms with Crippen LogP contribution >= 0.6 is 0 Å². The molecule has 1 amide bonds. The predicted octanol–water partition coefficient (Wildman–Crippen LogP) is 2.83. The molecule has 4 heteroatoms. The first kappa shape index (κ1) is 18.2. The fourth-order valence-electron chi connectivity index (χ4n) is 2.44. The van der Waals surface area contributed by atoms with Crippen molar-refractivity contribution in [3.8, 4) is 0 Å². The van der Waals surface area contributed by atoms with E-state index in [0.29, 0.717) is 0 Å². The molecule has 0 saturated heterocycles. The summed E-state index contributed by atoms with van der Waals surface area (Å²) in [6, 6.07) is 16.3. The Bertz CT molecular complexity index is 660. The van der Waals surface area contributed by atoms with Crippen LogP contribution < -0.4 is 11.1 Å². The first-order valence-electron chi connectivity index (χ1n) is 8.16. The zero-order chi connectivity index (χ0) is 17.7. The van der Waals surface area contributed by atoms with Crippen LogP contribution in [0.2, 0.25) is 0 Å². The molecule has 0 bridgehead atoms. The first-order chi connectivity index (χ1) is 11.3. The second kappa shape index (κ2) is 7.60. The minimum atomic E-state index is -0.758. The highest BCUT2D eigenvalue weighted by molar-refractivity contribution is 5.82. The van der Waals surface area contributed by atoms with Gasteiger partial charge in [0, 0.05) is 6.54 Å². The maximum absolute atomic E-state index is 12.1. The van der Waals surface area contributed by atoms with Crippen molar-refractivity contribution in [3.05, 3.63) is 71.3 Å². The van der Waals surface area contributed by atoms with Crippen LogP contribution in [0.25, 0.3) is 0 Å². The summed E-state index contributed by atoms with van der Waals surface area (Å²) in [4.78, 5) is 12.1. The van der Waals surface area contributed by atoms with Gasteiger partial charge in [-0.1, -0.05) is 75.4 Å². The fourth-order valence-corrected chi connectivity index (χ4v) is 2.44. The lowest BCUT2D eigenvalue weighted by molar-refractivity contribution is -0.122. The number of carbonyl (C=O) groups is 1. The molecule has 2 aromatic rings. The highest BCUT2D eigenvalue weighted by atomic mass is 16.3. The highest BCUT2D eigenvalue weighted by Gasteiger charge is 2.18. The number of hydrogen-bond donors (Lipinski definition) is 3. The molecule has 0 aliphatic rings. The van der Waals surface area contributed by atoms with Gasteiger partial charge in [0.25, 0.3) is 0 Å². The molecule has 0 fully saturated rings. The minimum Gasteiger partial charge on any atom is -0.387 e. The van der Waals surface area contributed by atoms with Gasteiger partial charge in [0.2, 0.25) is 5.91 Å². The number of aliphatic hydroxyl groups is 1. The lowest BCUT2D eigenvalue weighted by Crippen LogP contribution is -2.36. The average Bonchev–Trinajstić information content (AvgIpc) is 2.58. The molecule has 4 N–H and O–H groups in total. The van der Waals surface area contributed by atoms with E-state index in [1.807, 2.05) is 54.6 Å². The van der Waals surface area contributed by atoms with Crippen molar-refractivity contribution in [2.45, 2.75) is 38.3 Å². The molecule has 0 spiro atoms. The van der Waals surface area contributed by atoms with Crippen molar-refractivity contribution in [2.75, 3.05) is 6.54 Å². The molecule has 4 nitrogen and oxygen atoms in total. The minimum absolute atomic E-state index is 0.0696. The SMILES string of the molecule is CC(C)(C)c1ccc(C(O)CNC(=O)C(N)c2ccccc2)cc1. The first-order valence-corrected chi connectivity index (χ1v) is 8.16. The van der Waals surface area contributed by atoms with Gasteiger partial charge in [0.05, 0.1) is 6.10 Å². The largest absolute Gasteiger partial charge is 0.387 e. The Hall–Kier alpha value is -2.17. The van der Waals surface area contributed by atoms with Crippen molar-refractivity contribution in [1.29, 1.82) is 0 Å². The summed E-state index contributed by atoms with van der Waals surface area (Å²) in [5, 5.41) is 13.0. The van der Waals surface area contributed by atoms with Crippen molar-refractivity contribution < 1.29 is 9.90 Å². The molecule has 0 radical (unpaired) electrons. The Morgan fingerprint density at radius 3 is 2.17 bits per heavy atom. The summed E-state index contributed by atoms with van der Waals surface area (Å²) in [6.07, 6.45) is -0.758. The van der Waals surface area contributed by atoms with Gasteiger partial charge < -0.3 is 16.2 Å². The van der Waals surface area contributed by atoms with E-state index in [0.717, 1.165) is 11.1 Å². The Morgan fingerprint density at radius 1 is 1.04 bits per heavy atom. The average molecular weight is 326 g/mol. The summed E-state index contributed by atoms with van der Waals surface area (Å²) in [7, 11) is 0. The maximum atomic E-state index is 12.1. The Morgan fingerprint density at radius 2 is 1.62 bits per heavy atom. The molecular formula is C20H26N2O2. The molecule has 0 aromatic heterocycles. The summed E-state index contributed by atoms with van der Waals surface area (Å²) in [5.74, 6) is -0.299. The molecule has 2 aromatic carbocycles. The van der Waals surface area contributed by atoms with E-state index >= 15 is 0 Å². The van der Waals surface area contributed by atoms with Gasteiger partial charge >= 0.3 is 0 Å². The number of aliphatic hydroxyl groups excluding tert-OH is 1. The summed E-state index contributed by atoms with van der Waals surface area (Å²) in [5.41, 5.74) is 8.73. The van der Waals surface area contributed by atoms with E-state index in [1.54, 1.807) is 0 Å². The van der Waals surface area contributed by atoms with Crippen LogP contribution in [0.5, 0.6) is 0 Å². The third kappa shape index (κ3) is 4.66. The van der Waals surface area contributed by atoms with Crippen molar-refractivity contribution in [3.63, 3.8) is 0 Å². The molecule has 24 heavy (non-hydrogen) atoms. The Balaban J connectivity index is 1.93. The number of nitrogens with two attached hydrogens (primary N) is 1. The van der Waals surface area contributed by atoms with Crippen LogP contribution in [0, 0.1) is 0 Å². The van der Waals surface area contributed by atoms with Crippen LogP contribution in [0.1, 0.15) is 49.6 Å². The second-order valence-corrected chi connectivity index (χ2v) is 7.02. The number of carbonyl (C=O) groups excluding carboxylic acids is 1. The molecule has 2 unspecified atom stereocenters. The van der Waals surface area contributed by atoms with Gasteiger partial charge in [0.15, 0.2) is 0 Å². The van der Waals surface area contributed by atoms with Gasteiger partial charge in [-0.2, -0.15) is 0 Å². The summed E-state index contributed by atoms with van der Waals surface area (Å²) in [6.45, 7) is 6.56. The number of rotatable bonds is 5. The van der Waals surface area contributed by atoms with E-state index in [-0.39, 0.29) is 17.9 Å². The quantitative estimate of drug-likeness (QED) is 0.791. The van der Waals surface area contributed by atoms with Gasteiger partial charge in [-0.3, -0.25) is 4.79 Å². The van der Waals surface area contributed by atoms with E-state index in [1.165, 1.54) is 5.56 Å². The van der Waals surface area contributed by atoms with Crippen LogP contribution in [0.4, 0.5) is 0 Å². The van der Waals surface area contributed by atoms with E-state index in [9.17, 15) is 9.90 Å². The Kier molecular flexibility index (Phi) is 5.75. The monoisotopic (exact) mass is 326 g/mol. The van der Waals surface area contributed by atoms with Gasteiger partial charge in [-0.05, 0) is 22.1 Å². The standard InChI is InChI=1S/C20H26N2O2/c1-20(2,3)16-11-9-14(10-12-16)17(23)13-22-19(24)18(21)15-7-5-4-6-8-15/h4-12,17-18,23H,13,21H2,1-3H3,(H,22,24). The second-order valence-electron chi connectivity index (χ2n) is 7.02. The van der Waals surface area contributed by atoms with Crippen LogP contribution in [0.3, 0.4) is 0 Å². The molecule has 0 aliphatic carbocycles. The number of hydrogen-bond acceptors (Lipinski definition) is 3. The van der Waals surface area contributed by atoms with Crippen molar-refractivity contribution >= 4 is 5.91 Å². The predicted molar refractivity (Wildman–Crippen MR) is 96.5 cm³/mol. The molecule has 0 saturated carbocycles. The summed E-state index contributed by atoms with van der Waals surface area (Å²) >= 11 is 0. The van der Waals surface area contributed by atoms with Crippen LogP contribution in [0.15, 0.2) is 54.6 Å². The molecule has 128 valence electrons. The molecule has 2 rings (SSSR count). The van der Waals surface area contributed by atoms with Crippen LogP contribution in [-0.2, 0) is 10.2 Å². The van der Waals surface area contributed by atoms with E-state index in [4.69, 9.17) is 5.73 Å². The normalized spacial score (nSPS) is 14.0. The topological polar surface area (TPSA) is 75.3 Å². The number of benzene rings is 2. The maximum Gasteiger partial charge on any atom is 0.241 e. The van der Waals surface area contributed by atoms with Gasteiger partial charge in [-0.25, -0.2) is 0 Å². The molecule has 0 heterocycles. The smallest absolute Gasteiger partial charge is 0.241 e. The van der Waals surface area contributed by atoms with Crippen LogP contribution in [-0.4, -0.2) is 17.6 Å². The van der Waals surface area contributed by atoms with Gasteiger partial charge in [0.1, 0.15) is 6.04 Å². The molecule has 0 aliphatic heterocycles. The van der Waals surface area contributed by atoms with Crippen molar-refractivity contribution in [2.24, 2.45) is 5.73 Å². The zero-order valence-electron chi connectivity index (χ0n) is 14.5. The van der Waals surface area contributed by atoms with Crippen molar-refractivity contribution in [1.82, 2.24) is 5.32 Å².